The summed E-state index contributed by atoms with van der Waals surface area (Å²) in [6.07, 6.45) is 1.82. The Bertz CT molecular complexity index is 936. The van der Waals surface area contributed by atoms with Crippen molar-refractivity contribution in [3.05, 3.63) is 60.5 Å². The largest absolute Gasteiger partial charge is 0.373 e. The fraction of sp³-hybridized carbons (Fsp3) is 0.500. The Labute approximate surface area is 186 Å². The number of anilines is 1. The normalized spacial score (nSPS) is 13.9. The topological polar surface area (TPSA) is 84.7 Å². The van der Waals surface area contributed by atoms with Gasteiger partial charge in [0.1, 0.15) is 0 Å². The number of carbonyl (C=O) groups excluding carboxylic acids is 1. The van der Waals surface area contributed by atoms with Crippen LogP contribution in [0.15, 0.2) is 49.1 Å². The molecule has 2 aromatic rings. The number of amides is 1. The van der Waals surface area contributed by atoms with Crippen LogP contribution in [0.1, 0.15) is 66.3 Å². The minimum atomic E-state index is -0.667. The third kappa shape index (κ3) is 6.51. The minimum Gasteiger partial charge on any atom is -0.373 e. The van der Waals surface area contributed by atoms with Crippen LogP contribution in [0.4, 0.5) is 5.69 Å². The quantitative estimate of drug-likeness (QED) is 0.462. The van der Waals surface area contributed by atoms with Gasteiger partial charge in [0.25, 0.3) is 0 Å². The zero-order valence-corrected chi connectivity index (χ0v) is 19.9. The van der Waals surface area contributed by atoms with Crippen LogP contribution in [0, 0.1) is 0 Å². The van der Waals surface area contributed by atoms with Gasteiger partial charge in [-0.05, 0) is 67.3 Å². The Morgan fingerprint density at radius 1 is 1.13 bits per heavy atom. The summed E-state index contributed by atoms with van der Waals surface area (Å²) in [5, 5.41) is 19.1. The summed E-state index contributed by atoms with van der Waals surface area (Å²) in [5.74, 6) is 0.458. The van der Waals surface area contributed by atoms with E-state index in [1.165, 1.54) is 11.6 Å². The van der Waals surface area contributed by atoms with Gasteiger partial charge in [-0.2, -0.15) is 0 Å². The molecule has 0 radical (unpaired) electrons. The van der Waals surface area contributed by atoms with Gasteiger partial charge in [0.2, 0.25) is 5.91 Å². The van der Waals surface area contributed by atoms with Gasteiger partial charge >= 0.3 is 0 Å². The van der Waals surface area contributed by atoms with E-state index in [9.17, 15) is 4.79 Å². The van der Waals surface area contributed by atoms with Gasteiger partial charge in [-0.1, -0.05) is 51.6 Å². The first-order valence-electron chi connectivity index (χ1n) is 10.5. The molecule has 1 aromatic heterocycles. The van der Waals surface area contributed by atoms with Gasteiger partial charge < -0.3 is 10.6 Å². The number of rotatable bonds is 9. The van der Waals surface area contributed by atoms with E-state index in [2.05, 4.69) is 84.4 Å². The van der Waals surface area contributed by atoms with Crippen LogP contribution in [-0.4, -0.2) is 31.7 Å². The smallest absolute Gasteiger partial charge is 0.243 e. The summed E-state index contributed by atoms with van der Waals surface area (Å²) in [6, 6.07) is 8.40. The molecule has 0 fully saturated rings. The summed E-state index contributed by atoms with van der Waals surface area (Å²) in [5.41, 5.74) is 2.02. The van der Waals surface area contributed by atoms with E-state index < -0.39 is 11.1 Å². The number of tetrazole rings is 1. The molecule has 0 aliphatic carbocycles. The molecule has 0 saturated heterocycles. The molecular weight excluding hydrogens is 388 g/mol. The highest BCUT2D eigenvalue weighted by Crippen LogP contribution is 2.34. The number of benzene rings is 1. The van der Waals surface area contributed by atoms with E-state index in [0.29, 0.717) is 18.8 Å². The molecule has 7 heteroatoms. The number of carbonyl (C=O) groups is 1. The molecule has 1 amide bonds. The molecule has 1 unspecified atom stereocenters. The molecular formula is C24H36N6O. The fourth-order valence-corrected chi connectivity index (χ4v) is 3.83. The third-order valence-electron chi connectivity index (χ3n) is 5.06. The van der Waals surface area contributed by atoms with Crippen molar-refractivity contribution in [3.63, 3.8) is 0 Å². The second kappa shape index (κ2) is 9.04. The van der Waals surface area contributed by atoms with E-state index in [1.807, 2.05) is 27.7 Å². The minimum absolute atomic E-state index is 0.0738. The number of hydrogen-bond acceptors (Lipinski definition) is 5. The first-order chi connectivity index (χ1) is 14.3. The van der Waals surface area contributed by atoms with Gasteiger partial charge in [0, 0.05) is 17.6 Å². The summed E-state index contributed by atoms with van der Waals surface area (Å²) in [4.78, 5) is 12.0. The van der Waals surface area contributed by atoms with Crippen molar-refractivity contribution >= 4 is 11.6 Å². The van der Waals surface area contributed by atoms with Crippen LogP contribution in [0.5, 0.6) is 0 Å². The van der Waals surface area contributed by atoms with Crippen molar-refractivity contribution in [2.75, 3.05) is 5.32 Å². The maximum absolute atomic E-state index is 12.0. The van der Waals surface area contributed by atoms with Crippen molar-refractivity contribution < 1.29 is 4.79 Å². The molecule has 2 N–H and O–H groups in total. The average molecular weight is 425 g/mol. The second-order valence-corrected chi connectivity index (χ2v) is 10.2. The zero-order valence-electron chi connectivity index (χ0n) is 19.9. The molecule has 2 rings (SSSR count). The van der Waals surface area contributed by atoms with Gasteiger partial charge in [-0.25, -0.2) is 4.68 Å². The third-order valence-corrected chi connectivity index (χ3v) is 5.06. The first-order valence-corrected chi connectivity index (χ1v) is 10.5. The van der Waals surface area contributed by atoms with Crippen LogP contribution in [0.2, 0.25) is 0 Å². The number of nitrogens with one attached hydrogen (secondary N) is 2. The predicted molar refractivity (Wildman–Crippen MR) is 126 cm³/mol. The number of nitrogens with zero attached hydrogens (tertiary/aromatic N) is 4. The summed E-state index contributed by atoms with van der Waals surface area (Å²) >= 11 is 0. The molecule has 0 aliphatic heterocycles. The molecule has 1 atom stereocenters. The molecule has 0 bridgehead atoms. The lowest BCUT2D eigenvalue weighted by atomic mass is 9.83. The van der Waals surface area contributed by atoms with E-state index in [1.54, 1.807) is 4.68 Å². The standard InChI is InChI=1S/C24H36N6O/c1-10-20(31)26-23(7,8)16-24(9,21-27-28-29-30(21)15-17(2)3)25-19-13-11-18(12-14-19)22(4,5)6/h10-14,25H,1-2,15-16H2,3-9H3,(H,26,31). The first kappa shape index (κ1) is 24.3. The molecule has 0 spiro atoms. The maximum atomic E-state index is 12.0. The summed E-state index contributed by atoms with van der Waals surface area (Å²) < 4.78 is 1.75. The SMILES string of the molecule is C=CC(=O)NC(C)(C)CC(C)(Nc1ccc(C(C)(C)C)cc1)c1nnnn1CC(=C)C. The average Bonchev–Trinajstić information content (AvgIpc) is 3.08. The van der Waals surface area contributed by atoms with Gasteiger partial charge in [-0.3, -0.25) is 4.79 Å². The number of hydrogen-bond donors (Lipinski definition) is 2. The molecule has 1 aromatic carbocycles. The van der Waals surface area contributed by atoms with E-state index in [4.69, 9.17) is 0 Å². The van der Waals surface area contributed by atoms with Gasteiger partial charge in [0.15, 0.2) is 5.82 Å². The van der Waals surface area contributed by atoms with Crippen LogP contribution in [0.3, 0.4) is 0 Å². The van der Waals surface area contributed by atoms with Crippen molar-refractivity contribution in [1.82, 2.24) is 25.5 Å². The van der Waals surface area contributed by atoms with Crippen LogP contribution < -0.4 is 10.6 Å². The van der Waals surface area contributed by atoms with E-state index in [0.717, 1.165) is 11.3 Å². The number of allylic oxidation sites excluding steroid dienone is 1. The van der Waals surface area contributed by atoms with E-state index >= 15 is 0 Å². The zero-order chi connectivity index (χ0) is 23.4. The molecule has 0 aliphatic rings. The highest BCUT2D eigenvalue weighted by molar-refractivity contribution is 5.87. The molecule has 31 heavy (non-hydrogen) atoms. The summed E-state index contributed by atoms with van der Waals surface area (Å²) in [6.45, 7) is 22.6. The Kier molecular flexibility index (Phi) is 7.09. The van der Waals surface area contributed by atoms with Crippen molar-refractivity contribution in [1.29, 1.82) is 0 Å². The summed E-state index contributed by atoms with van der Waals surface area (Å²) in [7, 11) is 0. The molecule has 7 nitrogen and oxygen atoms in total. The maximum Gasteiger partial charge on any atom is 0.243 e. The Morgan fingerprint density at radius 3 is 2.26 bits per heavy atom. The van der Waals surface area contributed by atoms with Gasteiger partial charge in [0.05, 0.1) is 12.1 Å². The lowest BCUT2D eigenvalue weighted by Gasteiger charge is -2.38. The lowest BCUT2D eigenvalue weighted by molar-refractivity contribution is -0.118. The molecule has 168 valence electrons. The predicted octanol–water partition coefficient (Wildman–Crippen LogP) is 4.34. The highest BCUT2D eigenvalue weighted by Gasteiger charge is 2.39. The Morgan fingerprint density at radius 2 is 1.74 bits per heavy atom. The van der Waals surface area contributed by atoms with Crippen molar-refractivity contribution in [2.45, 2.75) is 77.9 Å². The van der Waals surface area contributed by atoms with Crippen molar-refractivity contribution in [2.24, 2.45) is 0 Å². The van der Waals surface area contributed by atoms with Gasteiger partial charge in [-0.15, -0.1) is 5.10 Å². The molecule has 0 saturated carbocycles. The van der Waals surface area contributed by atoms with Crippen molar-refractivity contribution in [3.8, 4) is 0 Å². The van der Waals surface area contributed by atoms with Crippen LogP contribution >= 0.6 is 0 Å². The molecule has 1 heterocycles. The highest BCUT2D eigenvalue weighted by atomic mass is 16.1. The van der Waals surface area contributed by atoms with Crippen LogP contribution in [-0.2, 0) is 22.3 Å². The van der Waals surface area contributed by atoms with Crippen LogP contribution in [0.25, 0.3) is 0 Å². The fourth-order valence-electron chi connectivity index (χ4n) is 3.83. The Balaban J connectivity index is 2.45. The van der Waals surface area contributed by atoms with E-state index in [-0.39, 0.29) is 11.3 Å². The Hall–Kier alpha value is -2.96. The lowest BCUT2D eigenvalue weighted by Crippen LogP contribution is -2.50. The number of aromatic nitrogens is 4. The monoisotopic (exact) mass is 424 g/mol. The second-order valence-electron chi connectivity index (χ2n) is 10.2.